The summed E-state index contributed by atoms with van der Waals surface area (Å²) in [5.74, 6) is 3.69. The summed E-state index contributed by atoms with van der Waals surface area (Å²) in [4.78, 5) is 12.6. The molecule has 0 amide bonds. The highest BCUT2D eigenvalue weighted by molar-refractivity contribution is 5.87. The molecular formula is C24H38O3. The van der Waals surface area contributed by atoms with E-state index in [0.717, 1.165) is 43.6 Å². The number of carbonyl (C=O) groups is 1. The molecular weight excluding hydrogens is 336 g/mol. The monoisotopic (exact) mass is 374 g/mol. The zero-order chi connectivity index (χ0) is 18.6. The van der Waals surface area contributed by atoms with Crippen molar-refractivity contribution in [2.75, 3.05) is 6.61 Å². The molecule has 5 fully saturated rings. The first-order chi connectivity index (χ1) is 13.0. The van der Waals surface area contributed by atoms with E-state index in [0.29, 0.717) is 23.2 Å². The summed E-state index contributed by atoms with van der Waals surface area (Å²) < 4.78 is 12.2. The Morgan fingerprint density at radius 3 is 2.67 bits per heavy atom. The summed E-state index contributed by atoms with van der Waals surface area (Å²) in [7, 11) is 0. The predicted molar refractivity (Wildman–Crippen MR) is 105 cm³/mol. The second kappa shape index (κ2) is 6.83. The Bertz CT molecular complexity index is 582. The van der Waals surface area contributed by atoms with Crippen molar-refractivity contribution in [1.29, 1.82) is 0 Å². The molecule has 1 heterocycles. The minimum absolute atomic E-state index is 0.0169. The Balaban J connectivity index is 1.28. The number of hydrogen-bond donors (Lipinski definition) is 0. The molecule has 8 atom stereocenters. The zero-order valence-electron chi connectivity index (χ0n) is 17.4. The van der Waals surface area contributed by atoms with Gasteiger partial charge in [-0.1, -0.05) is 13.8 Å². The Kier molecular flexibility index (Phi) is 4.71. The Morgan fingerprint density at radius 2 is 1.85 bits per heavy atom. The van der Waals surface area contributed by atoms with Gasteiger partial charge in [-0.3, -0.25) is 4.79 Å². The van der Waals surface area contributed by atoms with E-state index >= 15 is 0 Å². The Morgan fingerprint density at radius 1 is 0.963 bits per heavy atom. The van der Waals surface area contributed by atoms with Gasteiger partial charge in [-0.05, 0) is 99.7 Å². The summed E-state index contributed by atoms with van der Waals surface area (Å²) in [6.07, 6.45) is 14.9. The minimum atomic E-state index is 0.0169. The van der Waals surface area contributed by atoms with Crippen LogP contribution in [0.4, 0.5) is 0 Å². The number of rotatable bonds is 2. The molecule has 0 N–H and O–H groups in total. The molecule has 0 aromatic carbocycles. The van der Waals surface area contributed by atoms with Crippen LogP contribution >= 0.6 is 0 Å². The lowest BCUT2D eigenvalue weighted by Crippen LogP contribution is -2.54. The molecule has 0 radical (unpaired) electrons. The van der Waals surface area contributed by atoms with E-state index in [9.17, 15) is 4.79 Å². The molecule has 1 aliphatic heterocycles. The van der Waals surface area contributed by atoms with Gasteiger partial charge in [-0.2, -0.15) is 0 Å². The van der Waals surface area contributed by atoms with E-state index in [-0.39, 0.29) is 11.7 Å². The number of ketones is 1. The molecule has 3 heteroatoms. The molecule has 4 unspecified atom stereocenters. The highest BCUT2D eigenvalue weighted by atomic mass is 16.7. The third-order valence-electron chi connectivity index (χ3n) is 9.81. The maximum Gasteiger partial charge on any atom is 0.157 e. The Labute approximate surface area is 164 Å². The normalized spacial score (nSPS) is 52.7. The van der Waals surface area contributed by atoms with Gasteiger partial charge in [0.15, 0.2) is 6.29 Å². The minimum Gasteiger partial charge on any atom is -0.353 e. The van der Waals surface area contributed by atoms with Crippen LogP contribution < -0.4 is 0 Å². The fourth-order valence-electron chi connectivity index (χ4n) is 8.15. The van der Waals surface area contributed by atoms with E-state index in [1.54, 1.807) is 0 Å². The molecule has 152 valence electrons. The first-order valence-electron chi connectivity index (χ1n) is 11.8. The van der Waals surface area contributed by atoms with E-state index in [1.807, 2.05) is 0 Å². The third kappa shape index (κ3) is 2.94. The van der Waals surface area contributed by atoms with Crippen LogP contribution in [0.5, 0.6) is 0 Å². The van der Waals surface area contributed by atoms with E-state index in [2.05, 4.69) is 13.8 Å². The van der Waals surface area contributed by atoms with Crippen molar-refractivity contribution in [2.24, 2.45) is 34.5 Å². The maximum absolute atomic E-state index is 12.6. The van der Waals surface area contributed by atoms with Gasteiger partial charge in [0.2, 0.25) is 0 Å². The second-order valence-electron chi connectivity index (χ2n) is 10.9. The van der Waals surface area contributed by atoms with Gasteiger partial charge >= 0.3 is 0 Å². The van der Waals surface area contributed by atoms with Crippen LogP contribution in [0.3, 0.4) is 0 Å². The number of ether oxygens (including phenoxy) is 2. The van der Waals surface area contributed by atoms with Gasteiger partial charge in [0.1, 0.15) is 5.78 Å². The van der Waals surface area contributed by atoms with Gasteiger partial charge in [0.05, 0.1) is 6.10 Å². The van der Waals surface area contributed by atoms with Gasteiger partial charge in [0, 0.05) is 18.4 Å². The van der Waals surface area contributed by atoms with Gasteiger partial charge in [-0.25, -0.2) is 0 Å². The molecule has 0 aromatic heterocycles. The zero-order valence-corrected chi connectivity index (χ0v) is 17.4. The van der Waals surface area contributed by atoms with Crippen molar-refractivity contribution in [3.8, 4) is 0 Å². The van der Waals surface area contributed by atoms with Gasteiger partial charge in [-0.15, -0.1) is 0 Å². The summed E-state index contributed by atoms with van der Waals surface area (Å²) in [6.45, 7) is 5.77. The SMILES string of the molecule is C[C@]12CCC3C(CC[C@H]4CC(OC5CCCCO5)CC[C@]34C)[C@@H]1CCC2=O. The fraction of sp³-hybridized carbons (Fsp3) is 0.958. The van der Waals surface area contributed by atoms with Crippen LogP contribution in [-0.2, 0) is 14.3 Å². The molecule has 5 aliphatic rings. The topological polar surface area (TPSA) is 35.5 Å². The van der Waals surface area contributed by atoms with Crippen LogP contribution in [0.25, 0.3) is 0 Å². The van der Waals surface area contributed by atoms with Crippen molar-refractivity contribution >= 4 is 5.78 Å². The predicted octanol–water partition coefficient (Wildman–Crippen LogP) is 5.51. The first kappa shape index (κ1) is 18.6. The maximum atomic E-state index is 12.6. The van der Waals surface area contributed by atoms with Crippen LogP contribution in [-0.4, -0.2) is 24.8 Å². The molecule has 0 aromatic rings. The molecule has 3 nitrogen and oxygen atoms in total. The molecule has 27 heavy (non-hydrogen) atoms. The number of hydrogen-bond acceptors (Lipinski definition) is 3. The number of Topliss-reactive ketones (excluding diaryl/α,β-unsaturated/α-hetero) is 1. The quantitative estimate of drug-likeness (QED) is 0.598. The van der Waals surface area contributed by atoms with Gasteiger partial charge in [0.25, 0.3) is 0 Å². The Hall–Kier alpha value is -0.410. The largest absolute Gasteiger partial charge is 0.353 e. The van der Waals surface area contributed by atoms with Gasteiger partial charge < -0.3 is 9.47 Å². The summed E-state index contributed by atoms with van der Waals surface area (Å²) in [6, 6.07) is 0. The third-order valence-corrected chi connectivity index (χ3v) is 9.81. The average Bonchev–Trinajstić information content (AvgIpc) is 2.98. The highest BCUT2D eigenvalue weighted by Gasteiger charge is 2.60. The lowest BCUT2D eigenvalue weighted by molar-refractivity contribution is -0.211. The molecule has 0 bridgehead atoms. The van der Waals surface area contributed by atoms with Crippen molar-refractivity contribution in [3.63, 3.8) is 0 Å². The summed E-state index contributed by atoms with van der Waals surface area (Å²) in [5.41, 5.74) is 0.492. The molecule has 0 spiro atoms. The summed E-state index contributed by atoms with van der Waals surface area (Å²) in [5, 5.41) is 0. The van der Waals surface area contributed by atoms with Crippen molar-refractivity contribution in [3.05, 3.63) is 0 Å². The summed E-state index contributed by atoms with van der Waals surface area (Å²) >= 11 is 0. The van der Waals surface area contributed by atoms with Crippen molar-refractivity contribution in [1.82, 2.24) is 0 Å². The van der Waals surface area contributed by atoms with Crippen LogP contribution in [0.1, 0.15) is 90.9 Å². The van der Waals surface area contributed by atoms with Crippen LogP contribution in [0.2, 0.25) is 0 Å². The van der Waals surface area contributed by atoms with Crippen LogP contribution in [0.15, 0.2) is 0 Å². The fourth-order valence-corrected chi connectivity index (χ4v) is 8.15. The lowest BCUT2D eigenvalue weighted by atomic mass is 9.45. The highest BCUT2D eigenvalue weighted by Crippen LogP contribution is 2.65. The standard InChI is InChI=1S/C24H38O3/c1-23-12-10-17(27-22-5-3-4-14-26-22)15-16(23)6-7-18-19-8-9-21(25)24(19,2)13-11-20(18)23/h16-20,22H,3-15H2,1-2H3/t16-,17?,18?,19-,20?,22?,23-,24-/m0/s1. The van der Waals surface area contributed by atoms with Crippen molar-refractivity contribution < 1.29 is 14.3 Å². The second-order valence-corrected chi connectivity index (χ2v) is 10.9. The van der Waals surface area contributed by atoms with Crippen molar-refractivity contribution in [2.45, 2.75) is 103 Å². The first-order valence-corrected chi connectivity index (χ1v) is 11.8. The number of carbonyl (C=O) groups excluding carboxylic acids is 1. The molecule has 5 rings (SSSR count). The lowest BCUT2D eigenvalue weighted by Gasteiger charge is -2.60. The molecule has 1 saturated heterocycles. The van der Waals surface area contributed by atoms with Crippen LogP contribution in [0, 0.1) is 34.5 Å². The van der Waals surface area contributed by atoms with E-state index in [1.165, 1.54) is 57.8 Å². The van der Waals surface area contributed by atoms with E-state index in [4.69, 9.17) is 9.47 Å². The van der Waals surface area contributed by atoms with E-state index < -0.39 is 0 Å². The molecule has 4 aliphatic carbocycles. The molecule has 4 saturated carbocycles. The average molecular weight is 375 g/mol. The number of fused-ring (bicyclic) bond motifs is 5. The smallest absolute Gasteiger partial charge is 0.157 e.